The predicted octanol–water partition coefficient (Wildman–Crippen LogP) is 2.13. The van der Waals surface area contributed by atoms with Crippen LogP contribution in [0.15, 0.2) is 42.5 Å². The molecule has 4 N–H and O–H groups in total. The van der Waals surface area contributed by atoms with E-state index in [2.05, 4.69) is 21.5 Å². The first-order valence-corrected chi connectivity index (χ1v) is 10.2. The predicted molar refractivity (Wildman–Crippen MR) is 124 cm³/mol. The van der Waals surface area contributed by atoms with E-state index in [-0.39, 0.29) is 30.5 Å². The molecule has 3 amide bonds. The Labute approximate surface area is 191 Å². The van der Waals surface area contributed by atoms with Gasteiger partial charge in [-0.25, -0.2) is 0 Å². The summed E-state index contributed by atoms with van der Waals surface area (Å²) in [7, 11) is 1.50. The Morgan fingerprint density at radius 1 is 0.906 bits per heavy atom. The van der Waals surface area contributed by atoms with Gasteiger partial charge in [0.25, 0.3) is 5.91 Å². The van der Waals surface area contributed by atoms with Crippen molar-refractivity contribution in [2.45, 2.75) is 26.7 Å². The first-order chi connectivity index (χ1) is 15.3. The van der Waals surface area contributed by atoms with Crippen LogP contribution in [0.3, 0.4) is 0 Å². The van der Waals surface area contributed by atoms with Gasteiger partial charge in [0.2, 0.25) is 11.8 Å². The van der Waals surface area contributed by atoms with Crippen LogP contribution >= 0.6 is 12.2 Å². The van der Waals surface area contributed by atoms with Crippen LogP contribution in [0.25, 0.3) is 0 Å². The van der Waals surface area contributed by atoms with E-state index in [9.17, 15) is 14.4 Å². The number of benzene rings is 2. The molecule has 0 spiro atoms. The lowest BCUT2D eigenvalue weighted by Gasteiger charge is -2.12. The first kappa shape index (κ1) is 24.6. The fourth-order valence-electron chi connectivity index (χ4n) is 2.66. The highest BCUT2D eigenvalue weighted by atomic mass is 32.1. The van der Waals surface area contributed by atoms with Crippen molar-refractivity contribution >= 4 is 40.7 Å². The van der Waals surface area contributed by atoms with Crippen molar-refractivity contribution in [1.29, 1.82) is 0 Å². The minimum absolute atomic E-state index is 0.00724. The highest BCUT2D eigenvalue weighted by Gasteiger charge is 2.11. The number of aryl methyl sites for hydroxylation is 2. The van der Waals surface area contributed by atoms with E-state index in [1.807, 2.05) is 32.0 Å². The Balaban J connectivity index is 1.66. The summed E-state index contributed by atoms with van der Waals surface area (Å²) in [4.78, 5) is 35.9. The molecular weight excluding hydrogens is 432 g/mol. The molecule has 0 aliphatic carbocycles. The van der Waals surface area contributed by atoms with E-state index in [0.29, 0.717) is 17.2 Å². The van der Waals surface area contributed by atoms with Crippen LogP contribution in [0.2, 0.25) is 0 Å². The number of rotatable bonds is 8. The van der Waals surface area contributed by atoms with E-state index in [4.69, 9.17) is 21.7 Å². The number of ether oxygens (including phenoxy) is 2. The molecule has 0 aliphatic heterocycles. The van der Waals surface area contributed by atoms with Gasteiger partial charge in [0.05, 0.1) is 7.11 Å². The lowest BCUT2D eigenvalue weighted by molar-refractivity contribution is -0.125. The van der Waals surface area contributed by atoms with Crippen LogP contribution in [0, 0.1) is 13.8 Å². The van der Waals surface area contributed by atoms with E-state index in [0.717, 1.165) is 11.1 Å². The van der Waals surface area contributed by atoms with E-state index < -0.39 is 11.8 Å². The number of hydrogen-bond donors (Lipinski definition) is 4. The molecule has 0 fully saturated rings. The number of para-hydroxylation sites is 2. The average molecular weight is 459 g/mol. The second-order valence-electron chi connectivity index (χ2n) is 6.86. The number of carbonyl (C=O) groups excluding carboxylic acids is 3. The summed E-state index contributed by atoms with van der Waals surface area (Å²) in [6.45, 7) is 3.57. The SMILES string of the molecule is COc1ccccc1OCC(=O)NC(=S)NNC(=O)CCC(=O)Nc1ccc(C)cc1C. The molecular formula is C22H26N4O5S. The smallest absolute Gasteiger partial charge is 0.264 e. The fraction of sp³-hybridized carbons (Fsp3) is 0.273. The normalized spacial score (nSPS) is 9.97. The van der Waals surface area contributed by atoms with Gasteiger partial charge in [-0.15, -0.1) is 0 Å². The molecule has 10 heteroatoms. The van der Waals surface area contributed by atoms with Gasteiger partial charge in [-0.2, -0.15) is 0 Å². The molecule has 0 radical (unpaired) electrons. The van der Waals surface area contributed by atoms with E-state index >= 15 is 0 Å². The lowest BCUT2D eigenvalue weighted by atomic mass is 10.1. The maximum absolute atomic E-state index is 12.1. The molecule has 0 heterocycles. The summed E-state index contributed by atoms with van der Waals surface area (Å²) in [5.74, 6) is -0.346. The Bertz CT molecular complexity index is 996. The van der Waals surface area contributed by atoms with Gasteiger partial charge in [0.15, 0.2) is 23.2 Å². The molecule has 2 rings (SSSR count). The van der Waals surface area contributed by atoms with Crippen molar-refractivity contribution in [2.75, 3.05) is 19.0 Å². The lowest BCUT2D eigenvalue weighted by Crippen LogP contribution is -2.49. The highest BCUT2D eigenvalue weighted by Crippen LogP contribution is 2.25. The first-order valence-electron chi connectivity index (χ1n) is 9.80. The monoisotopic (exact) mass is 458 g/mol. The largest absolute Gasteiger partial charge is 0.493 e. The van der Waals surface area contributed by atoms with Gasteiger partial charge in [0.1, 0.15) is 0 Å². The maximum atomic E-state index is 12.1. The molecule has 32 heavy (non-hydrogen) atoms. The van der Waals surface area contributed by atoms with Crippen LogP contribution < -0.4 is 31.0 Å². The van der Waals surface area contributed by atoms with E-state index in [1.165, 1.54) is 7.11 Å². The van der Waals surface area contributed by atoms with Gasteiger partial charge in [-0.1, -0.05) is 29.8 Å². The van der Waals surface area contributed by atoms with Crippen LogP contribution in [0.5, 0.6) is 11.5 Å². The van der Waals surface area contributed by atoms with Gasteiger partial charge < -0.3 is 14.8 Å². The zero-order valence-corrected chi connectivity index (χ0v) is 18.9. The molecule has 170 valence electrons. The number of hydrazine groups is 1. The second-order valence-corrected chi connectivity index (χ2v) is 7.26. The summed E-state index contributed by atoms with van der Waals surface area (Å²) in [5.41, 5.74) is 7.49. The zero-order chi connectivity index (χ0) is 23.5. The van der Waals surface area contributed by atoms with E-state index in [1.54, 1.807) is 24.3 Å². The van der Waals surface area contributed by atoms with Crippen LogP contribution in [-0.2, 0) is 14.4 Å². The van der Waals surface area contributed by atoms with Gasteiger partial charge in [0, 0.05) is 18.5 Å². The van der Waals surface area contributed by atoms with Crippen molar-refractivity contribution in [1.82, 2.24) is 16.2 Å². The Hall–Kier alpha value is -3.66. The van der Waals surface area contributed by atoms with Gasteiger partial charge >= 0.3 is 0 Å². The third-order valence-corrected chi connectivity index (χ3v) is 4.44. The third-order valence-electron chi connectivity index (χ3n) is 4.23. The summed E-state index contributed by atoms with van der Waals surface area (Å²) >= 11 is 4.96. The number of amides is 3. The summed E-state index contributed by atoms with van der Waals surface area (Å²) < 4.78 is 10.5. The number of hydrogen-bond acceptors (Lipinski definition) is 6. The molecule has 0 saturated carbocycles. The number of thiocarbonyl (C=S) groups is 1. The van der Waals surface area contributed by atoms with Crippen molar-refractivity contribution < 1.29 is 23.9 Å². The van der Waals surface area contributed by atoms with Crippen molar-refractivity contribution in [3.63, 3.8) is 0 Å². The summed E-state index contributed by atoms with van der Waals surface area (Å²) in [6.07, 6.45) is -0.0656. The topological polar surface area (TPSA) is 118 Å². The number of nitrogens with one attached hydrogen (secondary N) is 4. The number of methoxy groups -OCH3 is 1. The number of carbonyl (C=O) groups is 3. The quantitative estimate of drug-likeness (QED) is 0.354. The van der Waals surface area contributed by atoms with Gasteiger partial charge in [-0.05, 0) is 49.8 Å². The van der Waals surface area contributed by atoms with Crippen molar-refractivity contribution in [2.24, 2.45) is 0 Å². The fourth-order valence-corrected chi connectivity index (χ4v) is 2.82. The molecule has 0 unspecified atom stereocenters. The minimum atomic E-state index is -0.518. The van der Waals surface area contributed by atoms with Gasteiger partial charge in [-0.3, -0.25) is 30.6 Å². The molecule has 0 saturated heterocycles. The zero-order valence-electron chi connectivity index (χ0n) is 18.1. The molecule has 0 aromatic heterocycles. The molecule has 0 atom stereocenters. The molecule has 0 aliphatic rings. The van der Waals surface area contributed by atoms with Crippen LogP contribution in [0.4, 0.5) is 5.69 Å². The second kappa shape index (κ2) is 12.3. The summed E-state index contributed by atoms with van der Waals surface area (Å²) in [6, 6.07) is 12.6. The standard InChI is InChI=1S/C22H26N4O5S/c1-14-8-9-16(15(2)12-14)23-19(27)10-11-20(28)25-26-22(32)24-21(29)13-31-18-7-5-4-6-17(18)30-3/h4-9,12H,10-11,13H2,1-3H3,(H,23,27)(H,25,28)(H2,24,26,29,32). The average Bonchev–Trinajstić information content (AvgIpc) is 2.77. The molecule has 9 nitrogen and oxygen atoms in total. The van der Waals surface area contributed by atoms with Crippen LogP contribution in [-0.4, -0.2) is 36.6 Å². The minimum Gasteiger partial charge on any atom is -0.493 e. The van der Waals surface area contributed by atoms with Crippen LogP contribution in [0.1, 0.15) is 24.0 Å². The summed E-state index contributed by atoms with van der Waals surface area (Å²) in [5, 5.41) is 5.04. The molecule has 0 bridgehead atoms. The number of anilines is 1. The van der Waals surface area contributed by atoms with Crippen molar-refractivity contribution in [3.05, 3.63) is 53.6 Å². The Morgan fingerprint density at radius 2 is 1.59 bits per heavy atom. The Kier molecular flexibility index (Phi) is 9.43. The molecule has 2 aromatic rings. The maximum Gasteiger partial charge on any atom is 0.264 e. The highest BCUT2D eigenvalue weighted by molar-refractivity contribution is 7.80. The molecule has 2 aromatic carbocycles. The Morgan fingerprint density at radius 3 is 2.28 bits per heavy atom. The van der Waals surface area contributed by atoms with Crippen molar-refractivity contribution in [3.8, 4) is 11.5 Å². The third kappa shape index (κ3) is 8.23.